The highest BCUT2D eigenvalue weighted by molar-refractivity contribution is 5.80. The summed E-state index contributed by atoms with van der Waals surface area (Å²) >= 11 is 0. The lowest BCUT2D eigenvalue weighted by Crippen LogP contribution is -2.10. The van der Waals surface area contributed by atoms with E-state index in [1.165, 1.54) is 103 Å². The van der Waals surface area contributed by atoms with Crippen LogP contribution in [-0.2, 0) is 4.79 Å². The molecule has 0 aromatic rings. The van der Waals surface area contributed by atoms with Crippen LogP contribution < -0.4 is 0 Å². The van der Waals surface area contributed by atoms with Crippen LogP contribution in [0.1, 0.15) is 143 Å². The smallest absolute Gasteiger partial charge is 0.135 e. The van der Waals surface area contributed by atoms with Crippen molar-refractivity contribution in [2.24, 2.45) is 5.92 Å². The van der Waals surface area contributed by atoms with Gasteiger partial charge in [0.2, 0.25) is 0 Å². The van der Waals surface area contributed by atoms with Crippen LogP contribution in [-0.4, -0.2) is 5.78 Å². The first-order chi connectivity index (χ1) is 12.2. The van der Waals surface area contributed by atoms with Crippen molar-refractivity contribution in [3.05, 3.63) is 0 Å². The van der Waals surface area contributed by atoms with Gasteiger partial charge in [0.25, 0.3) is 0 Å². The Bertz CT molecular complexity index is 271. The normalized spacial score (nSPS) is 12.4. The molecule has 1 unspecified atom stereocenters. The summed E-state index contributed by atoms with van der Waals surface area (Å²) in [4.78, 5) is 12.1. The van der Waals surface area contributed by atoms with E-state index in [9.17, 15) is 4.79 Å². The number of unbranched alkanes of at least 4 members (excludes halogenated alkanes) is 15. The lowest BCUT2D eigenvalue weighted by atomic mass is 9.94. The fraction of sp³-hybridized carbons (Fsp3) is 0.958. The van der Waals surface area contributed by atoms with E-state index in [0.717, 1.165) is 19.3 Å². The minimum absolute atomic E-state index is 0.300. The van der Waals surface area contributed by atoms with Gasteiger partial charge in [-0.25, -0.2) is 0 Å². The summed E-state index contributed by atoms with van der Waals surface area (Å²) in [7, 11) is 0. The molecule has 1 nitrogen and oxygen atoms in total. The first kappa shape index (κ1) is 24.7. The molecule has 25 heavy (non-hydrogen) atoms. The highest BCUT2D eigenvalue weighted by Gasteiger charge is 2.11. The monoisotopic (exact) mass is 352 g/mol. The van der Waals surface area contributed by atoms with Gasteiger partial charge in [-0.2, -0.15) is 0 Å². The van der Waals surface area contributed by atoms with Gasteiger partial charge in [-0.05, 0) is 12.8 Å². The van der Waals surface area contributed by atoms with Crippen molar-refractivity contribution < 1.29 is 4.79 Å². The molecule has 0 aromatic carbocycles. The molecule has 0 radical (unpaired) electrons. The standard InChI is InChI=1S/C24H48O/c1-4-6-8-10-11-12-13-14-15-16-18-19-21-23(3)24(25)22-20-17-9-7-5-2/h23H,4-22H2,1-3H3. The summed E-state index contributed by atoms with van der Waals surface area (Å²) < 4.78 is 0. The fourth-order valence-electron chi connectivity index (χ4n) is 3.60. The molecule has 0 rings (SSSR count). The summed E-state index contributed by atoms with van der Waals surface area (Å²) in [6.45, 7) is 6.67. The molecule has 0 spiro atoms. The van der Waals surface area contributed by atoms with Crippen molar-refractivity contribution in [1.29, 1.82) is 0 Å². The molecule has 1 heteroatoms. The Hall–Kier alpha value is -0.330. The van der Waals surface area contributed by atoms with Crippen LogP contribution in [0.5, 0.6) is 0 Å². The third-order valence-corrected chi connectivity index (χ3v) is 5.57. The second-order valence-corrected chi connectivity index (χ2v) is 8.21. The summed E-state index contributed by atoms with van der Waals surface area (Å²) in [5, 5.41) is 0. The number of carbonyl (C=O) groups excluding carboxylic acids is 1. The Balaban J connectivity index is 3.28. The van der Waals surface area contributed by atoms with E-state index in [1.54, 1.807) is 0 Å². The largest absolute Gasteiger partial charge is 0.299 e. The van der Waals surface area contributed by atoms with Crippen molar-refractivity contribution in [3.8, 4) is 0 Å². The van der Waals surface area contributed by atoms with E-state index in [4.69, 9.17) is 0 Å². The first-order valence-electron chi connectivity index (χ1n) is 11.7. The molecule has 150 valence electrons. The minimum atomic E-state index is 0.300. The predicted molar refractivity (Wildman–Crippen MR) is 113 cm³/mol. The van der Waals surface area contributed by atoms with Crippen LogP contribution in [0.2, 0.25) is 0 Å². The van der Waals surface area contributed by atoms with Crippen LogP contribution in [0.15, 0.2) is 0 Å². The number of Topliss-reactive ketones (excluding diaryl/α,β-unsaturated/α-hetero) is 1. The number of hydrogen-bond acceptors (Lipinski definition) is 1. The Kier molecular flexibility index (Phi) is 19.7. The van der Waals surface area contributed by atoms with E-state index in [2.05, 4.69) is 20.8 Å². The van der Waals surface area contributed by atoms with E-state index < -0.39 is 0 Å². The zero-order valence-corrected chi connectivity index (χ0v) is 17.9. The van der Waals surface area contributed by atoms with Gasteiger partial charge in [-0.15, -0.1) is 0 Å². The molecule has 0 aliphatic heterocycles. The highest BCUT2D eigenvalue weighted by atomic mass is 16.1. The zero-order chi connectivity index (χ0) is 18.6. The molecule has 0 saturated carbocycles. The molecular formula is C24H48O. The van der Waals surface area contributed by atoms with E-state index in [-0.39, 0.29) is 0 Å². The number of rotatable bonds is 20. The second kappa shape index (κ2) is 20.0. The maximum atomic E-state index is 12.1. The SMILES string of the molecule is CCCCCCCCCCCCCCC(C)C(=O)CCCCCCC. The molecular weight excluding hydrogens is 304 g/mol. The zero-order valence-electron chi connectivity index (χ0n) is 17.9. The van der Waals surface area contributed by atoms with Gasteiger partial charge in [0.15, 0.2) is 0 Å². The van der Waals surface area contributed by atoms with Crippen molar-refractivity contribution >= 4 is 5.78 Å². The molecule has 0 aliphatic rings. The van der Waals surface area contributed by atoms with Crippen molar-refractivity contribution in [2.45, 2.75) is 143 Å². The van der Waals surface area contributed by atoms with E-state index >= 15 is 0 Å². The molecule has 0 fully saturated rings. The first-order valence-corrected chi connectivity index (χ1v) is 11.7. The number of carbonyl (C=O) groups is 1. The van der Waals surface area contributed by atoms with Gasteiger partial charge in [0.05, 0.1) is 0 Å². The van der Waals surface area contributed by atoms with Gasteiger partial charge in [0, 0.05) is 12.3 Å². The third kappa shape index (κ3) is 18.3. The van der Waals surface area contributed by atoms with E-state index in [1.807, 2.05) is 0 Å². The quantitative estimate of drug-likeness (QED) is 0.200. The number of hydrogen-bond donors (Lipinski definition) is 0. The third-order valence-electron chi connectivity index (χ3n) is 5.57. The maximum Gasteiger partial charge on any atom is 0.135 e. The van der Waals surface area contributed by atoms with Crippen LogP contribution in [0.25, 0.3) is 0 Å². The molecule has 0 heterocycles. The Morgan fingerprint density at radius 1 is 0.560 bits per heavy atom. The van der Waals surface area contributed by atoms with Gasteiger partial charge in [-0.3, -0.25) is 4.79 Å². The molecule has 0 amide bonds. The molecule has 0 saturated heterocycles. The van der Waals surface area contributed by atoms with Crippen molar-refractivity contribution in [1.82, 2.24) is 0 Å². The van der Waals surface area contributed by atoms with Crippen molar-refractivity contribution in [2.75, 3.05) is 0 Å². The Morgan fingerprint density at radius 2 is 0.920 bits per heavy atom. The van der Waals surface area contributed by atoms with Gasteiger partial charge in [-0.1, -0.05) is 124 Å². The average molecular weight is 353 g/mol. The van der Waals surface area contributed by atoms with E-state index in [0.29, 0.717) is 11.7 Å². The summed E-state index contributed by atoms with van der Waals surface area (Å²) in [6.07, 6.45) is 24.9. The lowest BCUT2D eigenvalue weighted by molar-refractivity contribution is -0.122. The van der Waals surface area contributed by atoms with Gasteiger partial charge >= 0.3 is 0 Å². The van der Waals surface area contributed by atoms with Gasteiger partial charge < -0.3 is 0 Å². The average Bonchev–Trinajstić information content (AvgIpc) is 2.62. The fourth-order valence-corrected chi connectivity index (χ4v) is 3.60. The Morgan fingerprint density at radius 3 is 1.36 bits per heavy atom. The maximum absolute atomic E-state index is 12.1. The predicted octanol–water partition coefficient (Wildman–Crippen LogP) is 8.64. The van der Waals surface area contributed by atoms with Gasteiger partial charge in [0.1, 0.15) is 5.78 Å². The van der Waals surface area contributed by atoms with Crippen molar-refractivity contribution in [3.63, 3.8) is 0 Å². The topological polar surface area (TPSA) is 17.1 Å². The number of ketones is 1. The Labute approximate surface area is 159 Å². The summed E-state index contributed by atoms with van der Waals surface area (Å²) in [5.74, 6) is 0.814. The highest BCUT2D eigenvalue weighted by Crippen LogP contribution is 2.17. The summed E-state index contributed by atoms with van der Waals surface area (Å²) in [6, 6.07) is 0. The van der Waals surface area contributed by atoms with Crippen LogP contribution >= 0.6 is 0 Å². The lowest BCUT2D eigenvalue weighted by Gasteiger charge is -2.10. The van der Waals surface area contributed by atoms with Crippen LogP contribution in [0.4, 0.5) is 0 Å². The summed E-state index contributed by atoms with van der Waals surface area (Å²) in [5.41, 5.74) is 0. The second-order valence-electron chi connectivity index (χ2n) is 8.21. The molecule has 0 aromatic heterocycles. The molecule has 0 aliphatic carbocycles. The molecule has 1 atom stereocenters. The van der Waals surface area contributed by atoms with Crippen LogP contribution in [0, 0.1) is 5.92 Å². The molecule has 0 N–H and O–H groups in total. The van der Waals surface area contributed by atoms with Crippen LogP contribution in [0.3, 0.4) is 0 Å². The minimum Gasteiger partial charge on any atom is -0.299 e. The molecule has 0 bridgehead atoms.